The van der Waals surface area contributed by atoms with E-state index in [0.717, 1.165) is 6.42 Å². The highest BCUT2D eigenvalue weighted by molar-refractivity contribution is 7.98. The molecule has 0 atom stereocenters. The fourth-order valence-electron chi connectivity index (χ4n) is 2.55. The molecule has 3 rings (SSSR count). The Morgan fingerprint density at radius 3 is 2.53 bits per heavy atom. The zero-order valence-electron chi connectivity index (χ0n) is 11.3. The number of hydrogen-bond donors (Lipinski definition) is 0. The van der Waals surface area contributed by atoms with Crippen LogP contribution in [0.2, 0.25) is 0 Å². The zero-order valence-corrected chi connectivity index (χ0v) is 12.1. The van der Waals surface area contributed by atoms with Crippen LogP contribution >= 0.6 is 11.8 Å². The summed E-state index contributed by atoms with van der Waals surface area (Å²) < 4.78 is 2.21. The Kier molecular flexibility index (Phi) is 3.34. The standard InChI is InChI=1S/C17H17NS/c1-18-11-10-14-4-3-5-15(17(14)18)12-13-6-8-16(19-2)9-7-13/h3-11H,12H2,1-2H3. The molecule has 0 N–H and O–H groups in total. The van der Waals surface area contributed by atoms with Crippen molar-refractivity contribution in [2.75, 3.05) is 6.26 Å². The van der Waals surface area contributed by atoms with Gasteiger partial charge in [-0.2, -0.15) is 0 Å². The molecule has 1 heterocycles. The number of hydrogen-bond acceptors (Lipinski definition) is 1. The van der Waals surface area contributed by atoms with Gasteiger partial charge >= 0.3 is 0 Å². The van der Waals surface area contributed by atoms with Crippen LogP contribution in [0.25, 0.3) is 10.9 Å². The lowest BCUT2D eigenvalue weighted by atomic mass is 10.0. The molecule has 2 aromatic carbocycles. The second-order valence-electron chi connectivity index (χ2n) is 4.81. The van der Waals surface area contributed by atoms with Crippen molar-refractivity contribution in [2.24, 2.45) is 7.05 Å². The van der Waals surface area contributed by atoms with Gasteiger partial charge in [-0.05, 0) is 47.4 Å². The first-order valence-corrected chi connectivity index (χ1v) is 7.66. The van der Waals surface area contributed by atoms with E-state index in [0.29, 0.717) is 0 Å². The Morgan fingerprint density at radius 1 is 1.00 bits per heavy atom. The van der Waals surface area contributed by atoms with E-state index in [9.17, 15) is 0 Å². The topological polar surface area (TPSA) is 4.93 Å². The summed E-state index contributed by atoms with van der Waals surface area (Å²) in [5, 5.41) is 1.32. The lowest BCUT2D eigenvalue weighted by Gasteiger charge is -2.07. The molecule has 0 amide bonds. The molecule has 0 spiro atoms. The summed E-state index contributed by atoms with van der Waals surface area (Å²) in [6.07, 6.45) is 5.23. The maximum atomic E-state index is 2.23. The van der Waals surface area contributed by atoms with Crippen LogP contribution in [0.1, 0.15) is 11.1 Å². The molecule has 0 aliphatic heterocycles. The number of aromatic nitrogens is 1. The minimum Gasteiger partial charge on any atom is -0.350 e. The van der Waals surface area contributed by atoms with Gasteiger partial charge in [-0.25, -0.2) is 0 Å². The van der Waals surface area contributed by atoms with Crippen molar-refractivity contribution in [2.45, 2.75) is 11.3 Å². The van der Waals surface area contributed by atoms with Crippen molar-refractivity contribution < 1.29 is 0 Å². The Bertz CT molecular complexity index is 695. The second kappa shape index (κ2) is 5.14. The predicted octanol–water partition coefficient (Wildman–Crippen LogP) is 4.49. The lowest BCUT2D eigenvalue weighted by Crippen LogP contribution is -1.94. The zero-order chi connectivity index (χ0) is 13.2. The summed E-state index contributed by atoms with van der Waals surface area (Å²) in [6, 6.07) is 17.6. The first-order chi connectivity index (χ1) is 9.28. The summed E-state index contributed by atoms with van der Waals surface area (Å²) in [5.41, 5.74) is 4.10. The summed E-state index contributed by atoms with van der Waals surface area (Å²) in [7, 11) is 2.11. The van der Waals surface area contributed by atoms with E-state index in [1.807, 2.05) is 0 Å². The maximum absolute atomic E-state index is 2.23. The van der Waals surface area contributed by atoms with Crippen molar-refractivity contribution in [3.8, 4) is 0 Å². The van der Waals surface area contributed by atoms with Gasteiger partial charge in [0.05, 0.1) is 5.52 Å². The van der Waals surface area contributed by atoms with Gasteiger partial charge in [0.25, 0.3) is 0 Å². The Balaban J connectivity index is 1.98. The highest BCUT2D eigenvalue weighted by Crippen LogP contribution is 2.23. The van der Waals surface area contributed by atoms with Gasteiger partial charge in [0.1, 0.15) is 0 Å². The molecule has 0 aliphatic carbocycles. The van der Waals surface area contributed by atoms with Gasteiger partial charge in [0, 0.05) is 18.1 Å². The Labute approximate surface area is 118 Å². The minimum absolute atomic E-state index is 0.990. The SMILES string of the molecule is CSc1ccc(Cc2cccc3ccn(C)c23)cc1. The van der Waals surface area contributed by atoms with Crippen LogP contribution in [0, 0.1) is 0 Å². The van der Waals surface area contributed by atoms with Gasteiger partial charge in [0.15, 0.2) is 0 Å². The van der Waals surface area contributed by atoms with Gasteiger partial charge < -0.3 is 4.57 Å². The first kappa shape index (κ1) is 12.4. The van der Waals surface area contributed by atoms with E-state index in [4.69, 9.17) is 0 Å². The molecule has 1 aromatic heterocycles. The number of nitrogens with zero attached hydrogens (tertiary/aromatic N) is 1. The highest BCUT2D eigenvalue weighted by atomic mass is 32.2. The van der Waals surface area contributed by atoms with E-state index < -0.39 is 0 Å². The van der Waals surface area contributed by atoms with E-state index in [-0.39, 0.29) is 0 Å². The summed E-state index contributed by atoms with van der Waals surface area (Å²) >= 11 is 1.79. The van der Waals surface area contributed by atoms with Crippen molar-refractivity contribution >= 4 is 22.7 Å². The van der Waals surface area contributed by atoms with Gasteiger partial charge in [-0.15, -0.1) is 11.8 Å². The predicted molar refractivity (Wildman–Crippen MR) is 83.9 cm³/mol. The molecular weight excluding hydrogens is 250 g/mol. The molecule has 3 aromatic rings. The normalized spacial score (nSPS) is 11.1. The van der Waals surface area contributed by atoms with E-state index in [1.54, 1.807) is 11.8 Å². The molecule has 0 saturated carbocycles. The molecule has 0 bridgehead atoms. The molecule has 0 aliphatic rings. The third-order valence-corrected chi connectivity index (χ3v) is 4.28. The second-order valence-corrected chi connectivity index (χ2v) is 5.69. The van der Waals surface area contributed by atoms with E-state index in [2.05, 4.69) is 72.6 Å². The van der Waals surface area contributed by atoms with E-state index >= 15 is 0 Å². The Hall–Kier alpha value is -1.67. The molecule has 0 fully saturated rings. The number of aryl methyl sites for hydroxylation is 1. The van der Waals surface area contributed by atoms with Crippen LogP contribution in [0.15, 0.2) is 59.6 Å². The maximum Gasteiger partial charge on any atom is 0.0513 e. The van der Waals surface area contributed by atoms with Crippen molar-refractivity contribution in [3.05, 3.63) is 65.9 Å². The summed E-state index contributed by atoms with van der Waals surface area (Å²) in [4.78, 5) is 1.32. The number of thioether (sulfide) groups is 1. The lowest BCUT2D eigenvalue weighted by molar-refractivity contribution is 0.958. The van der Waals surface area contributed by atoms with Crippen LogP contribution in [0.5, 0.6) is 0 Å². The van der Waals surface area contributed by atoms with E-state index in [1.165, 1.54) is 26.9 Å². The van der Waals surface area contributed by atoms with Crippen LogP contribution in [0.3, 0.4) is 0 Å². The van der Waals surface area contributed by atoms with Crippen molar-refractivity contribution in [1.82, 2.24) is 4.57 Å². The molecule has 2 heteroatoms. The van der Waals surface area contributed by atoms with Gasteiger partial charge in [0.2, 0.25) is 0 Å². The number of fused-ring (bicyclic) bond motifs is 1. The fourth-order valence-corrected chi connectivity index (χ4v) is 2.96. The summed E-state index contributed by atoms with van der Waals surface area (Å²) in [6.45, 7) is 0. The molecule has 0 unspecified atom stereocenters. The monoisotopic (exact) mass is 267 g/mol. The van der Waals surface area contributed by atoms with Crippen molar-refractivity contribution in [3.63, 3.8) is 0 Å². The van der Waals surface area contributed by atoms with Gasteiger partial charge in [-0.1, -0.05) is 30.3 Å². The fraction of sp³-hybridized carbons (Fsp3) is 0.176. The number of rotatable bonds is 3. The minimum atomic E-state index is 0.990. The molecule has 0 saturated heterocycles. The van der Waals surface area contributed by atoms with Gasteiger partial charge in [-0.3, -0.25) is 0 Å². The average molecular weight is 267 g/mol. The average Bonchev–Trinajstić information content (AvgIpc) is 2.83. The molecule has 19 heavy (non-hydrogen) atoms. The largest absolute Gasteiger partial charge is 0.350 e. The molecule has 0 radical (unpaired) electrons. The van der Waals surface area contributed by atoms with Crippen LogP contribution in [-0.4, -0.2) is 10.8 Å². The molecule has 1 nitrogen and oxygen atoms in total. The first-order valence-electron chi connectivity index (χ1n) is 6.44. The molecular formula is C17H17NS. The van der Waals surface area contributed by atoms with Crippen LogP contribution in [-0.2, 0) is 13.5 Å². The smallest absolute Gasteiger partial charge is 0.0513 e. The third kappa shape index (κ3) is 2.41. The number of para-hydroxylation sites is 1. The van der Waals surface area contributed by atoms with Crippen molar-refractivity contribution in [1.29, 1.82) is 0 Å². The number of benzene rings is 2. The molecule has 96 valence electrons. The quantitative estimate of drug-likeness (QED) is 0.633. The summed E-state index contributed by atoms with van der Waals surface area (Å²) in [5.74, 6) is 0. The van der Waals surface area contributed by atoms with Crippen LogP contribution in [0.4, 0.5) is 0 Å². The third-order valence-electron chi connectivity index (χ3n) is 3.53. The van der Waals surface area contributed by atoms with Crippen LogP contribution < -0.4 is 0 Å². The Morgan fingerprint density at radius 2 is 1.79 bits per heavy atom. The highest BCUT2D eigenvalue weighted by Gasteiger charge is 2.05.